The minimum absolute atomic E-state index is 0.798. The Hall–Kier alpha value is -1.65. The van der Waals surface area contributed by atoms with Gasteiger partial charge in [0.1, 0.15) is 7.85 Å². The van der Waals surface area contributed by atoms with E-state index in [1.165, 1.54) is 22.0 Å². The van der Waals surface area contributed by atoms with E-state index in [1.807, 2.05) is 24.0 Å². The first-order chi connectivity index (χ1) is 17.3. The summed E-state index contributed by atoms with van der Waals surface area (Å²) in [6.45, 7) is 13.9. The molecule has 1 unspecified atom stereocenters. The number of hydrazine groups is 1. The molecule has 36 heavy (non-hydrogen) atoms. The number of benzene rings is 3. The molecule has 0 aliphatic heterocycles. The van der Waals surface area contributed by atoms with Crippen molar-refractivity contribution in [2.24, 2.45) is 0 Å². The third-order valence-electron chi connectivity index (χ3n) is 5.91. The fourth-order valence-corrected chi connectivity index (χ4v) is 4.57. The molecule has 0 aliphatic rings. The number of alkyl halides is 1. The summed E-state index contributed by atoms with van der Waals surface area (Å²) in [4.78, 5) is 2.47. The molecule has 0 saturated carbocycles. The van der Waals surface area contributed by atoms with E-state index in [4.69, 9.17) is 7.85 Å². The smallest absolute Gasteiger partial charge is 0.113 e. The Bertz CT molecular complexity index is 932. The Morgan fingerprint density at radius 1 is 0.806 bits per heavy atom. The molecule has 6 heteroatoms. The van der Waals surface area contributed by atoms with Crippen LogP contribution in [0.3, 0.4) is 0 Å². The number of rotatable bonds is 10. The van der Waals surface area contributed by atoms with Crippen molar-refractivity contribution in [1.29, 1.82) is 0 Å². The summed E-state index contributed by atoms with van der Waals surface area (Å²) in [5.41, 5.74) is 5.91. The average Bonchev–Trinajstić information content (AvgIpc) is 2.87. The predicted molar refractivity (Wildman–Crippen MR) is 170 cm³/mol. The minimum Gasteiger partial charge on any atom is -0.309 e. The Kier molecular flexibility index (Phi) is 16.7. The van der Waals surface area contributed by atoms with Crippen LogP contribution in [0.25, 0.3) is 0 Å². The van der Waals surface area contributed by atoms with Crippen molar-refractivity contribution in [3.8, 4) is 0 Å². The quantitative estimate of drug-likeness (QED) is 0.131. The van der Waals surface area contributed by atoms with Crippen molar-refractivity contribution in [3.63, 3.8) is 0 Å². The molecule has 3 aromatic carbocycles. The lowest BCUT2D eigenvalue weighted by molar-refractivity contribution is 0.224. The maximum absolute atomic E-state index is 5.97. The van der Waals surface area contributed by atoms with Gasteiger partial charge in [0.05, 0.1) is 5.69 Å². The molecule has 0 spiro atoms. The van der Waals surface area contributed by atoms with Gasteiger partial charge in [-0.15, -0.1) is 9.24 Å². The van der Waals surface area contributed by atoms with E-state index in [2.05, 4.69) is 129 Å². The third-order valence-corrected chi connectivity index (χ3v) is 6.24. The average molecular weight is 568 g/mol. The first-order valence-corrected chi connectivity index (χ1v) is 14.8. The lowest BCUT2D eigenvalue weighted by atomic mass is 9.96. The summed E-state index contributed by atoms with van der Waals surface area (Å²) in [6, 6.07) is 25.2. The lowest BCUT2D eigenvalue weighted by Crippen LogP contribution is -2.41. The molecule has 2 radical (unpaired) electrons. The van der Waals surface area contributed by atoms with Gasteiger partial charge in [-0.2, -0.15) is 0 Å². The molecule has 0 amide bonds. The van der Waals surface area contributed by atoms with Crippen molar-refractivity contribution < 1.29 is 0 Å². The van der Waals surface area contributed by atoms with Crippen molar-refractivity contribution in [2.45, 2.75) is 40.7 Å². The van der Waals surface area contributed by atoms with E-state index in [-0.39, 0.29) is 0 Å². The monoisotopic (exact) mass is 567 g/mol. The van der Waals surface area contributed by atoms with Crippen LogP contribution in [0.2, 0.25) is 0 Å². The molecule has 0 bridgehead atoms. The van der Waals surface area contributed by atoms with Crippen molar-refractivity contribution >= 4 is 49.5 Å². The number of halogens is 1. The van der Waals surface area contributed by atoms with E-state index in [9.17, 15) is 0 Å². The zero-order valence-electron chi connectivity index (χ0n) is 23.0. The highest BCUT2D eigenvalue weighted by Crippen LogP contribution is 2.16. The number of anilines is 1. The molecule has 194 valence electrons. The summed E-state index contributed by atoms with van der Waals surface area (Å²) >= 11 is 2.94. The predicted octanol–water partition coefficient (Wildman–Crippen LogP) is 5.88. The number of hydrogen-bond donors (Lipinski definition) is 0. The van der Waals surface area contributed by atoms with Crippen LogP contribution >= 0.6 is 25.2 Å². The number of aryl methyl sites for hydroxylation is 2. The molecule has 0 fully saturated rings. The second-order valence-electron chi connectivity index (χ2n) is 8.79. The molecular formula is C30H44BBrN3P. The standard InChI is InChI=1S/C21H30BN3.C8H11P.CH3Br/c1-4-24(5-2)15-10-16-25(18-19-11-7-6-8-12-19)23(3)21-14-9-13-20(22)17-21;1-6-3-7(2)5-8(9)4-6;1-2/h6-9,11-14,17H,4-5,10,15-16,18H2,1-3H3;3-5H,9H2,1-2H3;1H3. The van der Waals surface area contributed by atoms with Gasteiger partial charge in [0, 0.05) is 20.1 Å². The van der Waals surface area contributed by atoms with Gasteiger partial charge in [-0.05, 0) is 68.7 Å². The van der Waals surface area contributed by atoms with E-state index in [0.29, 0.717) is 0 Å². The highest BCUT2D eigenvalue weighted by Gasteiger charge is 2.13. The Balaban J connectivity index is 0.000000491. The zero-order valence-corrected chi connectivity index (χ0v) is 25.8. The highest BCUT2D eigenvalue weighted by molar-refractivity contribution is 9.08. The van der Waals surface area contributed by atoms with Crippen LogP contribution in [-0.4, -0.2) is 56.8 Å². The second kappa shape index (κ2) is 18.6. The maximum atomic E-state index is 5.97. The Morgan fingerprint density at radius 2 is 1.42 bits per heavy atom. The first-order valence-electron chi connectivity index (χ1n) is 12.6. The molecular weight excluding hydrogens is 524 g/mol. The largest absolute Gasteiger partial charge is 0.309 e. The van der Waals surface area contributed by atoms with Crippen LogP contribution in [0, 0.1) is 13.8 Å². The van der Waals surface area contributed by atoms with Crippen molar-refractivity contribution in [1.82, 2.24) is 9.91 Å². The van der Waals surface area contributed by atoms with Crippen LogP contribution in [0.1, 0.15) is 37.0 Å². The Labute approximate surface area is 233 Å². The molecule has 3 nitrogen and oxygen atoms in total. The van der Waals surface area contributed by atoms with Crippen LogP contribution in [0.4, 0.5) is 5.69 Å². The first kappa shape index (κ1) is 32.4. The van der Waals surface area contributed by atoms with Crippen LogP contribution < -0.4 is 15.8 Å². The molecule has 0 saturated heterocycles. The lowest BCUT2D eigenvalue weighted by Gasteiger charge is -2.34. The van der Waals surface area contributed by atoms with Gasteiger partial charge < -0.3 is 9.91 Å². The molecule has 0 N–H and O–H groups in total. The van der Waals surface area contributed by atoms with Gasteiger partial charge in [-0.25, -0.2) is 5.01 Å². The second-order valence-corrected chi connectivity index (χ2v) is 9.46. The van der Waals surface area contributed by atoms with Gasteiger partial charge in [-0.1, -0.05) is 107 Å². The number of hydrogen-bond acceptors (Lipinski definition) is 3. The Morgan fingerprint density at radius 3 is 1.94 bits per heavy atom. The van der Waals surface area contributed by atoms with Crippen molar-refractivity contribution in [2.75, 3.05) is 44.1 Å². The molecule has 0 heterocycles. The van der Waals surface area contributed by atoms with Crippen LogP contribution in [0.15, 0.2) is 72.8 Å². The molecule has 3 aromatic rings. The molecule has 0 aliphatic carbocycles. The summed E-state index contributed by atoms with van der Waals surface area (Å²) in [5, 5.41) is 5.90. The van der Waals surface area contributed by atoms with Gasteiger partial charge >= 0.3 is 0 Å². The topological polar surface area (TPSA) is 9.72 Å². The summed E-state index contributed by atoms with van der Waals surface area (Å²) in [7, 11) is 10.8. The minimum atomic E-state index is 0.798. The SMILES string of the molecule is CBr.Cc1cc(C)cc(P)c1.[B]c1cccc(N(C)N(CCCN(CC)CC)Cc2ccccc2)c1. The summed E-state index contributed by atoms with van der Waals surface area (Å²) in [5.74, 6) is 1.81. The van der Waals surface area contributed by atoms with Gasteiger partial charge in [0.15, 0.2) is 0 Å². The normalized spacial score (nSPS) is 10.4. The molecule has 0 aromatic heterocycles. The highest BCUT2D eigenvalue weighted by atomic mass is 79.9. The third kappa shape index (κ3) is 12.5. The van der Waals surface area contributed by atoms with E-state index in [0.717, 1.165) is 50.3 Å². The summed E-state index contributed by atoms with van der Waals surface area (Å²) in [6.07, 6.45) is 1.14. The fourth-order valence-electron chi connectivity index (χ4n) is 4.05. The number of nitrogens with zero attached hydrogens (tertiary/aromatic N) is 3. The maximum Gasteiger partial charge on any atom is 0.113 e. The van der Waals surface area contributed by atoms with Gasteiger partial charge in [0.25, 0.3) is 0 Å². The van der Waals surface area contributed by atoms with Crippen LogP contribution in [-0.2, 0) is 6.54 Å². The van der Waals surface area contributed by atoms with Gasteiger partial charge in [-0.3, -0.25) is 0 Å². The fraction of sp³-hybridized carbons (Fsp3) is 0.400. The summed E-state index contributed by atoms with van der Waals surface area (Å²) < 4.78 is 0. The van der Waals surface area contributed by atoms with Crippen molar-refractivity contribution in [3.05, 3.63) is 89.5 Å². The van der Waals surface area contributed by atoms with Gasteiger partial charge in [0.2, 0.25) is 0 Å². The van der Waals surface area contributed by atoms with Crippen LogP contribution in [0.5, 0.6) is 0 Å². The van der Waals surface area contributed by atoms with E-state index in [1.54, 1.807) is 0 Å². The van der Waals surface area contributed by atoms with E-state index < -0.39 is 0 Å². The molecule has 1 atom stereocenters. The van der Waals surface area contributed by atoms with E-state index >= 15 is 0 Å². The zero-order chi connectivity index (χ0) is 26.9. The molecule has 3 rings (SSSR count).